The van der Waals surface area contributed by atoms with Gasteiger partial charge in [-0.15, -0.1) is 0 Å². The number of carbonyl (C=O) groups excluding carboxylic acids is 1. The fourth-order valence-corrected chi connectivity index (χ4v) is 1.90. The van der Waals surface area contributed by atoms with E-state index in [-0.39, 0.29) is 18.1 Å². The summed E-state index contributed by atoms with van der Waals surface area (Å²) in [4.78, 5) is 15.8. The largest absolute Gasteiger partial charge is 0.376 e. The van der Waals surface area contributed by atoms with Crippen molar-refractivity contribution in [3.05, 3.63) is 29.0 Å². The Kier molecular flexibility index (Phi) is 3.41. The number of hydrogen-bond acceptors (Lipinski definition) is 3. The van der Waals surface area contributed by atoms with Gasteiger partial charge in [0.2, 0.25) is 0 Å². The third-order valence-corrected chi connectivity index (χ3v) is 3.03. The number of amides is 1. The van der Waals surface area contributed by atoms with E-state index in [0.717, 1.165) is 6.42 Å². The summed E-state index contributed by atoms with van der Waals surface area (Å²) >= 11 is 5.91. The van der Waals surface area contributed by atoms with E-state index in [9.17, 15) is 4.79 Å². The van der Waals surface area contributed by atoms with Crippen molar-refractivity contribution in [3.8, 4) is 0 Å². The summed E-state index contributed by atoms with van der Waals surface area (Å²) in [5.74, 6) is -0.194. The lowest BCUT2D eigenvalue weighted by atomic mass is 10.1. The Hall–Kier alpha value is -1.13. The summed E-state index contributed by atoms with van der Waals surface area (Å²) in [6, 6.07) is 1.66. The van der Waals surface area contributed by atoms with E-state index in [1.165, 1.54) is 6.20 Å². The Bertz CT molecular complexity index is 397. The molecule has 4 nitrogen and oxygen atoms in total. The Morgan fingerprint density at radius 1 is 1.69 bits per heavy atom. The molecule has 1 N–H and O–H groups in total. The van der Waals surface area contributed by atoms with E-state index in [4.69, 9.17) is 16.3 Å². The van der Waals surface area contributed by atoms with Gasteiger partial charge in [-0.2, -0.15) is 0 Å². The molecule has 1 aliphatic heterocycles. The Labute approximate surface area is 99.0 Å². The molecule has 1 fully saturated rings. The van der Waals surface area contributed by atoms with E-state index in [0.29, 0.717) is 17.2 Å². The number of nitrogens with one attached hydrogen (secondary N) is 1. The standard InChI is InChI=1S/C11H13ClN2O2/c1-7-10(3-5-16-7)14-11(15)8-6-13-4-2-9(8)12/h2,4,6-7,10H,3,5H2,1H3,(H,14,15). The third-order valence-electron chi connectivity index (χ3n) is 2.71. The van der Waals surface area contributed by atoms with E-state index >= 15 is 0 Å². The van der Waals surface area contributed by atoms with E-state index in [1.807, 2.05) is 6.92 Å². The van der Waals surface area contributed by atoms with Crippen LogP contribution in [0.25, 0.3) is 0 Å². The molecule has 2 heterocycles. The molecule has 1 aromatic heterocycles. The van der Waals surface area contributed by atoms with E-state index < -0.39 is 0 Å². The molecule has 86 valence electrons. The first-order valence-electron chi connectivity index (χ1n) is 5.20. The van der Waals surface area contributed by atoms with Gasteiger partial charge in [0, 0.05) is 19.0 Å². The van der Waals surface area contributed by atoms with Gasteiger partial charge in [-0.3, -0.25) is 9.78 Å². The highest BCUT2D eigenvalue weighted by molar-refractivity contribution is 6.33. The minimum absolute atomic E-state index is 0.0550. The van der Waals surface area contributed by atoms with Gasteiger partial charge >= 0.3 is 0 Å². The summed E-state index contributed by atoms with van der Waals surface area (Å²) in [6.07, 6.45) is 3.92. The second kappa shape index (κ2) is 4.80. The summed E-state index contributed by atoms with van der Waals surface area (Å²) in [7, 11) is 0. The molecule has 0 saturated carbocycles. The second-order valence-corrected chi connectivity index (χ2v) is 4.21. The van der Waals surface area contributed by atoms with Crippen LogP contribution in [-0.2, 0) is 4.74 Å². The number of aromatic nitrogens is 1. The summed E-state index contributed by atoms with van der Waals surface area (Å²) in [6.45, 7) is 2.63. The number of hydrogen-bond donors (Lipinski definition) is 1. The van der Waals surface area contributed by atoms with Crippen LogP contribution in [-0.4, -0.2) is 29.6 Å². The smallest absolute Gasteiger partial charge is 0.254 e. The highest BCUT2D eigenvalue weighted by Crippen LogP contribution is 2.16. The van der Waals surface area contributed by atoms with Gasteiger partial charge in [-0.25, -0.2) is 0 Å². The van der Waals surface area contributed by atoms with Gasteiger partial charge in [-0.1, -0.05) is 11.6 Å². The number of rotatable bonds is 2. The monoisotopic (exact) mass is 240 g/mol. The van der Waals surface area contributed by atoms with Crippen molar-refractivity contribution in [1.82, 2.24) is 10.3 Å². The number of halogens is 1. The zero-order valence-corrected chi connectivity index (χ0v) is 9.70. The zero-order chi connectivity index (χ0) is 11.5. The highest BCUT2D eigenvalue weighted by Gasteiger charge is 2.26. The van der Waals surface area contributed by atoms with Gasteiger partial charge in [0.15, 0.2) is 0 Å². The molecule has 16 heavy (non-hydrogen) atoms. The first kappa shape index (κ1) is 11.4. The molecular formula is C11H13ClN2O2. The first-order valence-corrected chi connectivity index (χ1v) is 5.58. The van der Waals surface area contributed by atoms with Crippen molar-refractivity contribution in [1.29, 1.82) is 0 Å². The molecule has 2 rings (SSSR count). The van der Waals surface area contributed by atoms with Gasteiger partial charge in [-0.05, 0) is 19.4 Å². The molecule has 0 spiro atoms. The molecular weight excluding hydrogens is 228 g/mol. The van der Waals surface area contributed by atoms with E-state index in [1.54, 1.807) is 12.3 Å². The average molecular weight is 241 g/mol. The number of carbonyl (C=O) groups is 1. The normalized spacial score (nSPS) is 24.4. The minimum Gasteiger partial charge on any atom is -0.376 e. The fraction of sp³-hybridized carbons (Fsp3) is 0.455. The third kappa shape index (κ3) is 2.33. The van der Waals surface area contributed by atoms with Crippen LogP contribution in [0.4, 0.5) is 0 Å². The van der Waals surface area contributed by atoms with Crippen LogP contribution < -0.4 is 5.32 Å². The molecule has 2 unspecified atom stereocenters. The number of nitrogens with zero attached hydrogens (tertiary/aromatic N) is 1. The van der Waals surface area contributed by atoms with Crippen LogP contribution in [0.3, 0.4) is 0 Å². The van der Waals surface area contributed by atoms with E-state index in [2.05, 4.69) is 10.3 Å². The highest BCUT2D eigenvalue weighted by atomic mass is 35.5. The second-order valence-electron chi connectivity index (χ2n) is 3.80. The van der Waals surface area contributed by atoms with Crippen LogP contribution in [0.15, 0.2) is 18.5 Å². The average Bonchev–Trinajstić information content (AvgIpc) is 2.65. The Morgan fingerprint density at radius 2 is 2.50 bits per heavy atom. The quantitative estimate of drug-likeness (QED) is 0.855. The van der Waals surface area contributed by atoms with Crippen LogP contribution >= 0.6 is 11.6 Å². The fourth-order valence-electron chi connectivity index (χ4n) is 1.71. The predicted molar refractivity (Wildman–Crippen MR) is 60.5 cm³/mol. The van der Waals surface area contributed by atoms with Crippen LogP contribution in [0.2, 0.25) is 5.02 Å². The van der Waals surface area contributed by atoms with Gasteiger partial charge in [0.25, 0.3) is 5.91 Å². The summed E-state index contributed by atoms with van der Waals surface area (Å²) in [5.41, 5.74) is 0.406. The summed E-state index contributed by atoms with van der Waals surface area (Å²) < 4.78 is 5.37. The zero-order valence-electron chi connectivity index (χ0n) is 8.94. The molecule has 1 aromatic rings. The topological polar surface area (TPSA) is 51.2 Å². The lowest BCUT2D eigenvalue weighted by Gasteiger charge is -2.16. The van der Waals surface area contributed by atoms with Crippen molar-refractivity contribution < 1.29 is 9.53 Å². The van der Waals surface area contributed by atoms with Gasteiger partial charge in [0.05, 0.1) is 22.7 Å². The molecule has 0 aromatic carbocycles. The molecule has 1 aliphatic rings. The molecule has 0 bridgehead atoms. The van der Waals surface area contributed by atoms with Gasteiger partial charge in [0.1, 0.15) is 0 Å². The SMILES string of the molecule is CC1OCCC1NC(=O)c1cnccc1Cl. The Balaban J connectivity index is 2.06. The predicted octanol–water partition coefficient (Wildman–Crippen LogP) is 1.64. The molecule has 5 heteroatoms. The molecule has 0 aliphatic carbocycles. The van der Waals surface area contributed by atoms with Crippen molar-refractivity contribution in [3.63, 3.8) is 0 Å². The van der Waals surface area contributed by atoms with Crippen LogP contribution in [0.5, 0.6) is 0 Å². The maximum absolute atomic E-state index is 11.9. The molecule has 0 radical (unpaired) electrons. The molecule has 1 amide bonds. The van der Waals surface area contributed by atoms with Crippen molar-refractivity contribution >= 4 is 17.5 Å². The summed E-state index contributed by atoms with van der Waals surface area (Å²) in [5, 5.41) is 3.31. The van der Waals surface area contributed by atoms with Crippen LogP contribution in [0.1, 0.15) is 23.7 Å². The van der Waals surface area contributed by atoms with Crippen LogP contribution in [0, 0.1) is 0 Å². The minimum atomic E-state index is -0.194. The van der Waals surface area contributed by atoms with Crippen molar-refractivity contribution in [2.24, 2.45) is 0 Å². The Morgan fingerprint density at radius 3 is 3.12 bits per heavy atom. The maximum Gasteiger partial charge on any atom is 0.254 e. The lowest BCUT2D eigenvalue weighted by molar-refractivity contribution is 0.0866. The van der Waals surface area contributed by atoms with Crippen molar-refractivity contribution in [2.75, 3.05) is 6.61 Å². The molecule has 2 atom stereocenters. The number of pyridine rings is 1. The molecule has 1 saturated heterocycles. The lowest BCUT2D eigenvalue weighted by Crippen LogP contribution is -2.39. The van der Waals surface area contributed by atoms with Crippen molar-refractivity contribution in [2.45, 2.75) is 25.5 Å². The maximum atomic E-state index is 11.9. The number of ether oxygens (including phenoxy) is 1. The van der Waals surface area contributed by atoms with Gasteiger partial charge < -0.3 is 10.1 Å². The first-order chi connectivity index (χ1) is 7.68.